The molecule has 8 rings (SSSR count). The lowest BCUT2D eigenvalue weighted by molar-refractivity contribution is -0.646. The molecule has 38 nitrogen and oxygen atoms in total. The monoisotopic (exact) mass is 1160 g/mol. The van der Waals surface area contributed by atoms with Crippen LogP contribution in [0.2, 0.25) is 0 Å². The van der Waals surface area contributed by atoms with Crippen LogP contribution in [0.1, 0.15) is 25.1 Å². The van der Waals surface area contributed by atoms with Crippen molar-refractivity contribution < 1.29 is 108 Å². The van der Waals surface area contributed by atoms with Crippen molar-refractivity contribution in [3.05, 3.63) is 62.4 Å². The van der Waals surface area contributed by atoms with Gasteiger partial charge in [0.05, 0.1) is 39.3 Å². The van der Waals surface area contributed by atoms with E-state index in [0.717, 1.165) is 36.6 Å². The first kappa shape index (κ1) is 57.1. The highest BCUT2D eigenvalue weighted by Crippen LogP contribution is 2.68. The molecule has 16 atom stereocenters. The molecule has 5 unspecified atom stereocenters. The van der Waals surface area contributed by atoms with Gasteiger partial charge >= 0.3 is 34.7 Å². The molecule has 0 radical (unpaired) electrons. The van der Waals surface area contributed by atoms with Gasteiger partial charge in [-0.2, -0.15) is 18.2 Å². The number of nitrogens with zero attached hydrogens (tertiary/aromatic N) is 8. The van der Waals surface area contributed by atoms with Crippen molar-refractivity contribution >= 4 is 71.3 Å². The van der Waals surface area contributed by atoms with E-state index in [1.165, 1.54) is 29.6 Å². The number of rotatable bonds is 21. The van der Waals surface area contributed by atoms with Crippen LogP contribution in [0, 0.1) is 5.92 Å². The van der Waals surface area contributed by atoms with Crippen molar-refractivity contribution in [1.29, 1.82) is 0 Å². The highest BCUT2D eigenvalue weighted by Gasteiger charge is 2.53. The molecule has 76 heavy (non-hydrogen) atoms. The Kier molecular flexibility index (Phi) is 16.5. The van der Waals surface area contributed by atoms with Gasteiger partial charge in [0.2, 0.25) is 24.4 Å². The van der Waals surface area contributed by atoms with Crippen LogP contribution in [0.5, 0.6) is 0 Å². The van der Waals surface area contributed by atoms with Gasteiger partial charge in [-0.05, 0) is 0 Å². The number of nitrogen functional groups attached to an aromatic ring is 2. The average Bonchev–Trinajstić information content (AvgIpc) is 4.16. The summed E-state index contributed by atoms with van der Waals surface area (Å²) in [4.78, 5) is 114. The number of nitrogens with one attached hydrogen (secondary N) is 3. The molecular weight excluding hydrogens is 1110 g/mol. The van der Waals surface area contributed by atoms with Gasteiger partial charge in [0, 0.05) is 38.8 Å². The lowest BCUT2D eigenvalue weighted by Gasteiger charge is -2.31. The molecule has 1 amide bonds. The van der Waals surface area contributed by atoms with E-state index in [2.05, 4.69) is 38.9 Å². The molecule has 3 fully saturated rings. The maximum absolute atomic E-state index is 13.5. The molecule has 42 heteroatoms. The second-order valence-electron chi connectivity index (χ2n) is 16.7. The summed E-state index contributed by atoms with van der Waals surface area (Å²) in [5.41, 5.74) is 9.04. The summed E-state index contributed by atoms with van der Waals surface area (Å²) in [7, 11) is -20.0. The zero-order chi connectivity index (χ0) is 55.4. The minimum Gasteiger partial charge on any atom is -0.756 e. The smallest absolute Gasteiger partial charge is 0.490 e. The Morgan fingerprint density at radius 3 is 2.11 bits per heavy atom. The second kappa shape index (κ2) is 22.0. The number of aliphatic hydroxyl groups excluding tert-OH is 3. The molecule has 418 valence electrons. The van der Waals surface area contributed by atoms with Gasteiger partial charge < -0.3 is 79.7 Å². The highest BCUT2D eigenvalue weighted by atomic mass is 31.3. The molecule has 5 aromatic heterocycles. The van der Waals surface area contributed by atoms with Gasteiger partial charge in [0.1, 0.15) is 54.6 Å². The van der Waals surface area contributed by atoms with E-state index in [1.54, 1.807) is 0 Å². The van der Waals surface area contributed by atoms with E-state index in [9.17, 15) is 72.3 Å². The van der Waals surface area contributed by atoms with Crippen LogP contribution in [0.4, 0.5) is 11.8 Å². The third kappa shape index (κ3) is 12.1. The number of phosphoric ester groups is 3. The first-order valence-electron chi connectivity index (χ1n) is 21.7. The number of hydrogen-bond donors (Lipinski definition) is 11. The van der Waals surface area contributed by atoms with Gasteiger partial charge in [-0.25, -0.2) is 38.0 Å². The molecule has 0 bridgehead atoms. The van der Waals surface area contributed by atoms with Crippen molar-refractivity contribution in [3.8, 4) is 0 Å². The number of H-pyrrole nitrogens is 2. The average molecular weight is 1160 g/mol. The first-order valence-corrected chi connectivity index (χ1v) is 27.6. The minimum atomic E-state index is -6.24. The predicted molar refractivity (Wildman–Crippen MR) is 242 cm³/mol. The van der Waals surface area contributed by atoms with Crippen LogP contribution in [-0.4, -0.2) is 162 Å². The second-order valence-corrected chi connectivity index (χ2v) is 22.7. The fourth-order valence-corrected chi connectivity index (χ4v) is 12.9. The Morgan fingerprint density at radius 2 is 1.45 bits per heavy atom. The number of carbonyl (C=O) groups is 1. The number of aryl methyl sites for hydroxylation is 1. The molecule has 3 aliphatic heterocycles. The number of methoxy groups -OCH3 is 1. The van der Waals surface area contributed by atoms with E-state index in [0.29, 0.717) is 4.57 Å². The van der Waals surface area contributed by atoms with Crippen LogP contribution in [0.25, 0.3) is 22.3 Å². The predicted octanol–water partition coefficient (Wildman–Crippen LogP) is -5.12. The number of hydrogen-bond acceptors (Lipinski definition) is 28. The summed E-state index contributed by atoms with van der Waals surface area (Å²) < 4.78 is 109. The Labute approximate surface area is 422 Å². The number of phosphoric acid groups is 4. The number of anilines is 2. The number of aromatic nitrogens is 10. The Morgan fingerprint density at radius 1 is 0.816 bits per heavy atom. The Bertz CT molecular complexity index is 3370. The van der Waals surface area contributed by atoms with Crippen molar-refractivity contribution in [2.45, 2.75) is 73.9 Å². The number of nitrogens with two attached hydrogens (primary N) is 2. The number of aromatic amines is 2. The Balaban J connectivity index is 0.948. The molecule has 8 heterocycles. The van der Waals surface area contributed by atoms with E-state index in [-0.39, 0.29) is 34.1 Å². The van der Waals surface area contributed by atoms with Crippen LogP contribution in [-0.2, 0) is 75.8 Å². The molecule has 0 spiro atoms. The maximum atomic E-state index is 13.5. The number of ether oxygens (including phenoxy) is 4. The number of imidazole rings is 2. The number of aliphatic hydroxyl groups is 3. The molecule has 5 aromatic rings. The topological polar surface area (TPSA) is 539 Å². The van der Waals surface area contributed by atoms with Crippen LogP contribution in [0.15, 0.2) is 45.6 Å². The van der Waals surface area contributed by atoms with Crippen molar-refractivity contribution in [3.63, 3.8) is 0 Å². The molecule has 0 aliphatic carbocycles. The van der Waals surface area contributed by atoms with E-state index in [1.807, 2.05) is 4.98 Å². The lowest BCUT2D eigenvalue weighted by Crippen LogP contribution is -2.39. The summed E-state index contributed by atoms with van der Waals surface area (Å²) in [6.07, 6.45) is -14.7. The quantitative estimate of drug-likeness (QED) is 0.0242. The fourth-order valence-electron chi connectivity index (χ4n) is 8.44. The molecule has 13 N–H and O–H groups in total. The van der Waals surface area contributed by atoms with Gasteiger partial charge in [0.15, 0.2) is 23.9 Å². The van der Waals surface area contributed by atoms with Crippen molar-refractivity contribution in [2.24, 2.45) is 13.0 Å². The normalized spacial score (nSPS) is 30.0. The largest absolute Gasteiger partial charge is 0.756 e. The standard InChI is InChI=1S/C34H47N13O25P4/c1-37-18(49)6-13-14(67-30(21(13)50)47-12-44(2)20-28(47)42-33(36)43-29(20)53)7-65-74(57,58)71-76(61,62)72-75(59,60)66-9-16-24(25(63-3)32(69-16)46-11-40-19-26(35)38-10-39-27(19)46)70-73(55,56)64-8-15-22(51)23(52)31(68-15)45-5-4-17(48)41-34(45)54/h4-5,10-16,21-25,30-32,50-52H,6-9H2,1-3H3,(H10-,35,36,37,38,39,41,42,43,48,49,53,54,55,56,57,58,59,60,61,62)/t13-,14-,15-,16-,21-,22-,23-,24-,25-,30?,31-,32-/m1/s1. The molecule has 0 aromatic carbocycles. The minimum absolute atomic E-state index is 0.0158. The van der Waals surface area contributed by atoms with Crippen LogP contribution >= 0.6 is 31.3 Å². The molecule has 3 saturated heterocycles. The SMILES string of the molecule is CNC(=O)C[C@@H]1[C@@H](COP(=O)(O)OP(=O)(O)OP(=O)(O)OC[C@H]2O[C@@H](n3cnc4c(N)ncnc43)[C@H](OC)[C@@H]2OP(=O)([O-])OC[C@H]2O[C@@H](n3ccc(=O)[nH]c3=O)[C@H](O)[C@@H]2O)OC(n2c[n+](C)c3c(=O)[nH]c(N)nc32)[C@@H]1O. The third-order valence-corrected chi connectivity index (χ3v) is 17.1. The lowest BCUT2D eigenvalue weighted by atomic mass is 9.94. The summed E-state index contributed by atoms with van der Waals surface area (Å²) in [6, 6.07) is 0.910. The number of amides is 1. The zero-order valence-electron chi connectivity index (χ0n) is 39.1. The van der Waals surface area contributed by atoms with Gasteiger partial charge in [-0.15, -0.1) is 0 Å². The highest BCUT2D eigenvalue weighted by molar-refractivity contribution is 7.66. The van der Waals surface area contributed by atoms with Crippen molar-refractivity contribution in [1.82, 2.24) is 48.9 Å². The molecular formula is C34H47N13O25P4. The van der Waals surface area contributed by atoms with Gasteiger partial charge in [-0.3, -0.25) is 47.1 Å². The van der Waals surface area contributed by atoms with E-state index < -0.39 is 154 Å². The van der Waals surface area contributed by atoms with E-state index >= 15 is 0 Å². The molecule has 3 aliphatic rings. The van der Waals surface area contributed by atoms with E-state index in [4.69, 9.17) is 48.5 Å². The molecule has 0 saturated carbocycles. The van der Waals surface area contributed by atoms with Crippen LogP contribution < -0.4 is 43.1 Å². The number of fused-ring (bicyclic) bond motifs is 2. The zero-order valence-corrected chi connectivity index (χ0v) is 42.7. The Hall–Kier alpha value is -5.11. The summed E-state index contributed by atoms with van der Waals surface area (Å²) >= 11 is 0. The first-order chi connectivity index (χ1) is 35.6. The summed E-state index contributed by atoms with van der Waals surface area (Å²) in [5, 5.41) is 34.9. The van der Waals surface area contributed by atoms with Gasteiger partial charge in [-0.1, -0.05) is 0 Å². The third-order valence-electron chi connectivity index (χ3n) is 11.8. The summed E-state index contributed by atoms with van der Waals surface area (Å²) in [6.45, 7) is -3.46. The van der Waals surface area contributed by atoms with Crippen molar-refractivity contribution in [2.75, 3.05) is 45.4 Å². The van der Waals surface area contributed by atoms with Gasteiger partial charge in [0.25, 0.3) is 24.5 Å². The van der Waals surface area contributed by atoms with Crippen LogP contribution in [0.3, 0.4) is 0 Å². The fraction of sp³-hybridized carbons (Fsp3) is 0.559. The summed E-state index contributed by atoms with van der Waals surface area (Å²) in [5.74, 6) is -2.31. The number of carbonyl (C=O) groups excluding carboxylic acids is 1. The maximum Gasteiger partial charge on any atom is 0.490 e.